The highest BCUT2D eigenvalue weighted by Gasteiger charge is 2.51. The highest BCUT2D eigenvalue weighted by atomic mass is 31.1. The molecule has 2 nitrogen and oxygen atoms in total. The number of hydrogen-bond acceptors (Lipinski definition) is 2. The van der Waals surface area contributed by atoms with Gasteiger partial charge in [0.2, 0.25) is 0 Å². The largest absolute Gasteiger partial charge is 0.310 e. The van der Waals surface area contributed by atoms with Crippen molar-refractivity contribution in [3.05, 3.63) is 225 Å². The zero-order chi connectivity index (χ0) is 42.7. The lowest BCUT2D eigenvalue weighted by Crippen LogP contribution is -2.34. The minimum atomic E-state index is -0.389. The van der Waals surface area contributed by atoms with Crippen molar-refractivity contribution < 1.29 is 0 Å². The first-order valence-electron chi connectivity index (χ1n) is 21.9. The zero-order valence-corrected chi connectivity index (χ0v) is 37.6. The Bertz CT molecular complexity index is 2690. The lowest BCUT2D eigenvalue weighted by atomic mass is 9.61. The van der Waals surface area contributed by atoms with E-state index >= 15 is 0 Å². The van der Waals surface area contributed by atoms with Gasteiger partial charge in [-0.05, 0) is 163 Å². The van der Waals surface area contributed by atoms with Crippen molar-refractivity contribution in [2.75, 3.05) is 4.90 Å². The molecule has 0 spiro atoms. The minimum Gasteiger partial charge on any atom is -0.310 e. The molecule has 3 aliphatic rings. The summed E-state index contributed by atoms with van der Waals surface area (Å²) in [5.74, 6) is 3.14. The van der Waals surface area contributed by atoms with Gasteiger partial charge in [0.25, 0.3) is 0 Å². The molecular formula is C58H57N2P. The van der Waals surface area contributed by atoms with Crippen LogP contribution in [0.3, 0.4) is 0 Å². The number of nitrogens with zero attached hydrogens (tertiary/aromatic N) is 2. The highest BCUT2D eigenvalue weighted by molar-refractivity contribution is 7.50. The van der Waals surface area contributed by atoms with Gasteiger partial charge in [-0.3, -0.25) is 0 Å². The van der Waals surface area contributed by atoms with E-state index in [2.05, 4.69) is 192 Å². The van der Waals surface area contributed by atoms with Crippen molar-refractivity contribution in [2.45, 2.75) is 72.6 Å². The predicted molar refractivity (Wildman–Crippen MR) is 264 cm³/mol. The third kappa shape index (κ3) is 7.78. The zero-order valence-electron chi connectivity index (χ0n) is 36.6. The molecule has 5 aromatic carbocycles. The van der Waals surface area contributed by atoms with Crippen LogP contribution in [-0.4, -0.2) is 0 Å². The Kier molecular flexibility index (Phi) is 12.3. The highest BCUT2D eigenvalue weighted by Crippen LogP contribution is 2.62. The van der Waals surface area contributed by atoms with Gasteiger partial charge in [0, 0.05) is 16.9 Å². The molecule has 3 aliphatic carbocycles. The number of anilines is 2. The Morgan fingerprint density at radius 3 is 2.21 bits per heavy atom. The van der Waals surface area contributed by atoms with Crippen LogP contribution in [0.5, 0.6) is 0 Å². The molecule has 4 atom stereocenters. The Morgan fingerprint density at radius 2 is 1.56 bits per heavy atom. The summed E-state index contributed by atoms with van der Waals surface area (Å²) in [6, 6.07) is 47.1. The average Bonchev–Trinajstić information content (AvgIpc) is 3.58. The molecule has 5 aromatic rings. The molecule has 0 N–H and O–H groups in total. The van der Waals surface area contributed by atoms with Gasteiger partial charge in [0.15, 0.2) is 0 Å². The Morgan fingerprint density at radius 1 is 0.869 bits per heavy atom. The Balaban J connectivity index is 1.32. The summed E-state index contributed by atoms with van der Waals surface area (Å²) in [4.78, 5) is 2.44. The van der Waals surface area contributed by atoms with Gasteiger partial charge in [-0.2, -0.15) is 5.26 Å². The molecule has 0 saturated heterocycles. The van der Waals surface area contributed by atoms with Crippen molar-refractivity contribution >= 4 is 42.0 Å². The van der Waals surface area contributed by atoms with Gasteiger partial charge >= 0.3 is 0 Å². The van der Waals surface area contributed by atoms with Crippen LogP contribution in [0.4, 0.5) is 11.4 Å². The molecule has 61 heavy (non-hydrogen) atoms. The second-order valence-corrected chi connectivity index (χ2v) is 18.3. The smallest absolute Gasteiger partial charge is 0.0991 e. The van der Waals surface area contributed by atoms with E-state index in [4.69, 9.17) is 0 Å². The maximum atomic E-state index is 9.79. The minimum absolute atomic E-state index is 0.295. The predicted octanol–water partition coefficient (Wildman–Crippen LogP) is 15.3. The SMILES string of the molecule is C=C/C=C\Pc1ccc(N(C2=CC(C)CC3=C2c2ccccc2C3(C2=CCC(C)CC2)c2ccc(/C(C)=C(C)/C(=C\C)c3ccccc3C)cc2)c2ccc(C#N)cc2)cc1. The quantitative estimate of drug-likeness (QED) is 0.0755. The van der Waals surface area contributed by atoms with Crippen molar-refractivity contribution in [2.24, 2.45) is 11.8 Å². The summed E-state index contributed by atoms with van der Waals surface area (Å²) in [5.41, 5.74) is 19.8. The molecule has 0 saturated carbocycles. The molecule has 0 fully saturated rings. The van der Waals surface area contributed by atoms with E-state index in [9.17, 15) is 5.26 Å². The molecule has 4 unspecified atom stereocenters. The van der Waals surface area contributed by atoms with Crippen molar-refractivity contribution in [1.29, 1.82) is 5.26 Å². The van der Waals surface area contributed by atoms with Crippen LogP contribution in [0.15, 0.2) is 187 Å². The van der Waals surface area contributed by atoms with Crippen LogP contribution in [0.2, 0.25) is 0 Å². The molecule has 0 heterocycles. The van der Waals surface area contributed by atoms with Crippen LogP contribution in [0, 0.1) is 30.1 Å². The number of hydrogen-bond donors (Lipinski definition) is 0. The van der Waals surface area contributed by atoms with Crippen LogP contribution in [0.25, 0.3) is 16.7 Å². The van der Waals surface area contributed by atoms with Gasteiger partial charge in [-0.25, -0.2) is 0 Å². The third-order valence-corrected chi connectivity index (χ3v) is 14.3. The van der Waals surface area contributed by atoms with Crippen molar-refractivity contribution in [3.63, 3.8) is 0 Å². The molecular weight excluding hydrogens is 756 g/mol. The average molecular weight is 813 g/mol. The number of benzene rings is 5. The second-order valence-electron chi connectivity index (χ2n) is 17.1. The number of fused-ring (bicyclic) bond motifs is 2. The van der Waals surface area contributed by atoms with E-state index in [1.807, 2.05) is 24.3 Å². The topological polar surface area (TPSA) is 27.0 Å². The van der Waals surface area contributed by atoms with E-state index < -0.39 is 0 Å². The molecule has 8 rings (SSSR count). The maximum absolute atomic E-state index is 9.79. The van der Waals surface area contributed by atoms with Crippen LogP contribution < -0.4 is 10.2 Å². The fourth-order valence-corrected chi connectivity index (χ4v) is 10.8. The lowest BCUT2D eigenvalue weighted by Gasteiger charge is -2.42. The fourth-order valence-electron chi connectivity index (χ4n) is 10.1. The van der Waals surface area contributed by atoms with Crippen LogP contribution in [0.1, 0.15) is 99.2 Å². The summed E-state index contributed by atoms with van der Waals surface area (Å²) in [6.45, 7) is 17.5. The number of allylic oxidation sites excluding steroid dienone is 11. The fraction of sp³-hybridized carbons (Fsp3) is 0.224. The first-order valence-corrected chi connectivity index (χ1v) is 23.0. The standard InChI is InChI=1S/C58H57N2P/c1-8-10-35-61-50-33-31-49(32-34-50)60(48-29-21-44(38-59)22-30-48)56-37-40(4)36-55-57(56)53-17-13-14-18-54(53)58(55,46-25-19-39(3)20-26-46)47-27-23-45(24-28-47)42(6)43(7)51(9-2)52-16-12-11-15-41(52)5/h8-18,21-25,27-35,37,39-40,61H,1,19-20,26,36H2,2-7H3/b35-10-,43-42+,51-9+. The molecule has 3 heteroatoms. The molecule has 304 valence electrons. The van der Waals surface area contributed by atoms with Crippen LogP contribution in [-0.2, 0) is 5.41 Å². The van der Waals surface area contributed by atoms with E-state index in [0.717, 1.165) is 30.6 Å². The molecule has 0 aliphatic heterocycles. The van der Waals surface area contributed by atoms with Gasteiger partial charge in [-0.15, -0.1) is 0 Å². The summed E-state index contributed by atoms with van der Waals surface area (Å²) >= 11 is 0. The van der Waals surface area contributed by atoms with Crippen LogP contribution >= 0.6 is 8.58 Å². The van der Waals surface area contributed by atoms with Gasteiger partial charge < -0.3 is 4.90 Å². The van der Waals surface area contributed by atoms with E-state index in [1.165, 1.54) is 84.2 Å². The van der Waals surface area contributed by atoms with E-state index in [1.54, 1.807) is 0 Å². The summed E-state index contributed by atoms with van der Waals surface area (Å²) < 4.78 is 0. The van der Waals surface area contributed by atoms with Crippen molar-refractivity contribution in [3.8, 4) is 6.07 Å². The number of nitriles is 1. The first kappa shape index (κ1) is 41.7. The summed E-state index contributed by atoms with van der Waals surface area (Å²) in [5, 5.41) is 11.1. The third-order valence-electron chi connectivity index (χ3n) is 13.3. The van der Waals surface area contributed by atoms with Crippen molar-refractivity contribution in [1.82, 2.24) is 0 Å². The lowest BCUT2D eigenvalue weighted by molar-refractivity contribution is 0.479. The van der Waals surface area contributed by atoms with Gasteiger partial charge in [0.1, 0.15) is 0 Å². The Labute approximate surface area is 366 Å². The monoisotopic (exact) mass is 812 g/mol. The van der Waals surface area contributed by atoms with E-state index in [0.29, 0.717) is 26.0 Å². The summed E-state index contributed by atoms with van der Waals surface area (Å²) in [7, 11) is 0.566. The molecule has 0 bridgehead atoms. The number of rotatable bonds is 11. The Hall–Kier alpha value is -6.00. The number of aryl methyl sites for hydroxylation is 1. The molecule has 0 amide bonds. The second kappa shape index (κ2) is 17.9. The molecule has 0 aromatic heterocycles. The van der Waals surface area contributed by atoms with E-state index in [-0.39, 0.29) is 5.41 Å². The van der Waals surface area contributed by atoms with Gasteiger partial charge in [-0.1, -0.05) is 156 Å². The van der Waals surface area contributed by atoms with Gasteiger partial charge in [0.05, 0.1) is 22.7 Å². The first-order chi connectivity index (χ1) is 29.7. The molecule has 0 radical (unpaired) electrons. The maximum Gasteiger partial charge on any atom is 0.0991 e. The summed E-state index contributed by atoms with van der Waals surface area (Å²) in [6.07, 6.45) is 15.5. The normalized spacial score (nSPS) is 20.5.